The van der Waals surface area contributed by atoms with Crippen LogP contribution in [-0.2, 0) is 17.1 Å². The summed E-state index contributed by atoms with van der Waals surface area (Å²) in [5.74, 6) is 5.37. The predicted molar refractivity (Wildman–Crippen MR) is 99.7 cm³/mol. The van der Waals surface area contributed by atoms with Gasteiger partial charge < -0.3 is 14.2 Å². The Morgan fingerprint density at radius 3 is 2.87 bits per heavy atom. The van der Waals surface area contributed by atoms with Crippen molar-refractivity contribution in [3.05, 3.63) is 23.7 Å². The Bertz CT molecular complexity index is 505. The Morgan fingerprint density at radius 2 is 2.17 bits per heavy atom. The topological polar surface area (TPSA) is 36.7 Å². The summed E-state index contributed by atoms with van der Waals surface area (Å²) in [5, 5.41) is 0.364. The normalized spacial score (nSPS) is 19.8. The molecule has 1 saturated heterocycles. The minimum absolute atomic E-state index is 0.298. The molecule has 0 aliphatic carbocycles. The van der Waals surface area contributed by atoms with Crippen molar-refractivity contribution < 1.29 is 9.21 Å². The van der Waals surface area contributed by atoms with Gasteiger partial charge >= 0.3 is 0 Å². The quantitative estimate of drug-likeness (QED) is 0.633. The molecule has 0 N–H and O–H groups in total. The lowest BCUT2D eigenvalue weighted by molar-refractivity contribution is -0.128. The maximum atomic E-state index is 12.0. The largest absolute Gasteiger partial charge is 0.464 e. The van der Waals surface area contributed by atoms with E-state index in [0.717, 1.165) is 42.5 Å². The molecule has 2 heterocycles. The number of carbonyl (C=O) groups excluding carboxylic acids is 1. The van der Waals surface area contributed by atoms with Crippen LogP contribution in [0.15, 0.2) is 16.5 Å². The molecule has 0 radical (unpaired) electrons. The van der Waals surface area contributed by atoms with E-state index in [-0.39, 0.29) is 0 Å². The first-order chi connectivity index (χ1) is 11.0. The Labute approximate surface area is 148 Å². The summed E-state index contributed by atoms with van der Waals surface area (Å²) in [7, 11) is 4.07. The van der Waals surface area contributed by atoms with E-state index >= 15 is 0 Å². The van der Waals surface area contributed by atoms with Gasteiger partial charge in [-0.15, -0.1) is 11.8 Å². The number of amides is 1. The van der Waals surface area contributed by atoms with Gasteiger partial charge in [0.1, 0.15) is 11.5 Å². The highest BCUT2D eigenvalue weighted by Gasteiger charge is 2.34. The summed E-state index contributed by atoms with van der Waals surface area (Å²) in [4.78, 5) is 16.2. The second-order valence-electron chi connectivity index (χ2n) is 6.33. The molecular weight excluding hydrogens is 328 g/mol. The fraction of sp³-hybridized carbons (Fsp3) is 0.706. The van der Waals surface area contributed by atoms with E-state index in [1.165, 1.54) is 0 Å². The first kappa shape index (κ1) is 18.7. The summed E-state index contributed by atoms with van der Waals surface area (Å²) < 4.78 is 5.82. The minimum Gasteiger partial charge on any atom is -0.464 e. The van der Waals surface area contributed by atoms with Crippen LogP contribution in [0.5, 0.6) is 0 Å². The van der Waals surface area contributed by atoms with Crippen LogP contribution in [0.4, 0.5) is 0 Å². The Morgan fingerprint density at radius 1 is 1.43 bits per heavy atom. The van der Waals surface area contributed by atoms with Crippen molar-refractivity contribution in [2.45, 2.75) is 37.9 Å². The molecule has 0 spiro atoms. The van der Waals surface area contributed by atoms with Crippen molar-refractivity contribution in [3.8, 4) is 0 Å². The second-order valence-corrected chi connectivity index (χ2v) is 8.54. The average Bonchev–Trinajstić information content (AvgIpc) is 3.09. The maximum Gasteiger partial charge on any atom is 0.233 e. The van der Waals surface area contributed by atoms with Gasteiger partial charge in [-0.3, -0.25) is 4.79 Å². The zero-order valence-electron chi connectivity index (χ0n) is 14.6. The van der Waals surface area contributed by atoms with Crippen molar-refractivity contribution >= 4 is 29.4 Å². The third-order valence-corrected chi connectivity index (χ3v) is 6.48. The molecule has 1 aromatic heterocycles. The van der Waals surface area contributed by atoms with Crippen LogP contribution in [0, 0.1) is 5.92 Å². The highest BCUT2D eigenvalue weighted by molar-refractivity contribution is 8.01. The van der Waals surface area contributed by atoms with E-state index in [2.05, 4.69) is 35.8 Å². The highest BCUT2D eigenvalue weighted by atomic mass is 32.2. The average molecular weight is 357 g/mol. The van der Waals surface area contributed by atoms with Crippen LogP contribution in [-0.4, -0.2) is 53.2 Å². The Balaban J connectivity index is 1.74. The van der Waals surface area contributed by atoms with Gasteiger partial charge in [-0.2, -0.15) is 11.8 Å². The van der Waals surface area contributed by atoms with Crippen molar-refractivity contribution in [1.29, 1.82) is 0 Å². The molecule has 1 aliphatic rings. The third-order valence-electron chi connectivity index (χ3n) is 4.05. The summed E-state index contributed by atoms with van der Waals surface area (Å²) in [6.07, 6.45) is 1.12. The van der Waals surface area contributed by atoms with Gasteiger partial charge in [0.05, 0.1) is 23.4 Å². The fourth-order valence-corrected chi connectivity index (χ4v) is 4.86. The SMILES string of the molecule is CCC(C)C1SCC(=O)N1CCSCc1ccc(CN(C)C)o1. The van der Waals surface area contributed by atoms with E-state index in [4.69, 9.17) is 4.42 Å². The minimum atomic E-state index is 0.298. The van der Waals surface area contributed by atoms with Gasteiger partial charge in [0.25, 0.3) is 0 Å². The number of rotatable bonds is 9. The first-order valence-electron chi connectivity index (χ1n) is 8.22. The van der Waals surface area contributed by atoms with E-state index < -0.39 is 0 Å². The van der Waals surface area contributed by atoms with Gasteiger partial charge in [0.15, 0.2) is 0 Å². The summed E-state index contributed by atoms with van der Waals surface area (Å²) >= 11 is 3.64. The van der Waals surface area contributed by atoms with Crippen LogP contribution in [0.2, 0.25) is 0 Å². The van der Waals surface area contributed by atoms with Crippen molar-refractivity contribution in [2.24, 2.45) is 5.92 Å². The van der Waals surface area contributed by atoms with Crippen LogP contribution in [0.25, 0.3) is 0 Å². The Kier molecular flexibility index (Phi) is 7.37. The molecule has 2 atom stereocenters. The number of nitrogens with zero attached hydrogens (tertiary/aromatic N) is 2. The molecule has 23 heavy (non-hydrogen) atoms. The van der Waals surface area contributed by atoms with Crippen LogP contribution < -0.4 is 0 Å². The van der Waals surface area contributed by atoms with Gasteiger partial charge in [-0.25, -0.2) is 0 Å². The van der Waals surface area contributed by atoms with Crippen molar-refractivity contribution in [1.82, 2.24) is 9.80 Å². The lowest BCUT2D eigenvalue weighted by Gasteiger charge is -2.28. The van der Waals surface area contributed by atoms with Gasteiger partial charge in [0, 0.05) is 12.3 Å². The molecule has 2 rings (SSSR count). The van der Waals surface area contributed by atoms with Crippen LogP contribution in [0.3, 0.4) is 0 Å². The second kappa shape index (κ2) is 9.04. The molecule has 1 amide bonds. The van der Waals surface area contributed by atoms with Gasteiger partial charge in [-0.05, 0) is 32.1 Å². The Hall–Kier alpha value is -0.590. The van der Waals surface area contributed by atoms with E-state index in [0.29, 0.717) is 23.0 Å². The monoisotopic (exact) mass is 356 g/mol. The van der Waals surface area contributed by atoms with Crippen molar-refractivity contribution in [2.75, 3.05) is 32.1 Å². The molecule has 0 saturated carbocycles. The summed E-state index contributed by atoms with van der Waals surface area (Å²) in [5.41, 5.74) is 0. The summed E-state index contributed by atoms with van der Waals surface area (Å²) in [6.45, 7) is 6.12. The number of hydrogen-bond acceptors (Lipinski definition) is 5. The zero-order chi connectivity index (χ0) is 16.8. The molecule has 0 bridgehead atoms. The van der Waals surface area contributed by atoms with Crippen molar-refractivity contribution in [3.63, 3.8) is 0 Å². The van der Waals surface area contributed by atoms with E-state index in [1.54, 1.807) is 11.8 Å². The molecule has 1 fully saturated rings. The molecule has 2 unspecified atom stereocenters. The summed E-state index contributed by atoms with van der Waals surface area (Å²) in [6, 6.07) is 4.11. The highest BCUT2D eigenvalue weighted by Crippen LogP contribution is 2.32. The molecule has 0 aromatic carbocycles. The van der Waals surface area contributed by atoms with E-state index in [1.807, 2.05) is 25.9 Å². The standard InChI is InChI=1S/C17H28N2O2S2/c1-5-13(2)17-19(16(20)12-23-17)8-9-22-11-15-7-6-14(21-15)10-18(3)4/h6-7,13,17H,5,8-12H2,1-4H3. The molecule has 1 aromatic rings. The molecular formula is C17H28N2O2S2. The lowest BCUT2D eigenvalue weighted by atomic mass is 10.1. The number of carbonyl (C=O) groups is 1. The smallest absolute Gasteiger partial charge is 0.233 e. The van der Waals surface area contributed by atoms with E-state index in [9.17, 15) is 4.79 Å². The lowest BCUT2D eigenvalue weighted by Crippen LogP contribution is -2.38. The molecule has 4 nitrogen and oxygen atoms in total. The fourth-order valence-electron chi connectivity index (χ4n) is 2.63. The number of furan rings is 1. The van der Waals surface area contributed by atoms with Crippen LogP contribution in [0.1, 0.15) is 31.8 Å². The zero-order valence-corrected chi connectivity index (χ0v) is 16.2. The maximum absolute atomic E-state index is 12.0. The predicted octanol–water partition coefficient (Wildman–Crippen LogP) is 3.52. The molecule has 1 aliphatic heterocycles. The first-order valence-corrected chi connectivity index (χ1v) is 10.4. The van der Waals surface area contributed by atoms with Gasteiger partial charge in [0.2, 0.25) is 5.91 Å². The molecule has 6 heteroatoms. The third kappa shape index (κ3) is 5.47. The number of thioether (sulfide) groups is 2. The van der Waals surface area contributed by atoms with Gasteiger partial charge in [-0.1, -0.05) is 20.3 Å². The molecule has 130 valence electrons. The van der Waals surface area contributed by atoms with Crippen LogP contribution >= 0.6 is 23.5 Å². The number of hydrogen-bond donors (Lipinski definition) is 0.